The normalized spacial score (nSPS) is 11.9. The zero-order chi connectivity index (χ0) is 17.5. The van der Waals surface area contributed by atoms with Gasteiger partial charge in [0, 0.05) is 4.47 Å². The quantitative estimate of drug-likeness (QED) is 0.417. The molecule has 2 aromatic carbocycles. The monoisotopic (exact) mass is 389 g/mol. The smallest absolute Gasteiger partial charge is 0.252 e. The van der Waals surface area contributed by atoms with Gasteiger partial charge < -0.3 is 10.4 Å². The summed E-state index contributed by atoms with van der Waals surface area (Å²) in [4.78, 5) is 24.1. The Hall–Kier alpha value is -2.67. The zero-order valence-electron chi connectivity index (χ0n) is 12.9. The van der Waals surface area contributed by atoms with Crippen molar-refractivity contribution in [3.8, 4) is 5.75 Å². The fourth-order valence-corrected chi connectivity index (χ4v) is 2.13. The topological polar surface area (TPSA) is 90.8 Å². The summed E-state index contributed by atoms with van der Waals surface area (Å²) in [6.07, 6.45) is 1.43. The minimum Gasteiger partial charge on any atom is -0.508 e. The number of nitrogens with one attached hydrogen (secondary N) is 2. The maximum Gasteiger partial charge on any atom is 0.252 e. The molecule has 0 spiro atoms. The minimum absolute atomic E-state index is 0.147. The average molecular weight is 390 g/mol. The molecule has 124 valence electrons. The molecule has 0 aromatic heterocycles. The number of hydrogen-bond acceptors (Lipinski definition) is 4. The van der Waals surface area contributed by atoms with Crippen molar-refractivity contribution in [1.82, 2.24) is 5.43 Å². The van der Waals surface area contributed by atoms with Gasteiger partial charge in [-0.1, -0.05) is 12.1 Å². The van der Waals surface area contributed by atoms with Crippen molar-refractivity contribution in [2.75, 3.05) is 5.32 Å². The van der Waals surface area contributed by atoms with E-state index >= 15 is 0 Å². The van der Waals surface area contributed by atoms with E-state index in [0.717, 1.165) is 4.47 Å². The number of carbonyl (C=O) groups excluding carboxylic acids is 2. The lowest BCUT2D eigenvalue weighted by Gasteiger charge is -2.11. The molecule has 0 fully saturated rings. The molecular formula is C17H16BrN3O3. The molecule has 0 bridgehead atoms. The first-order valence-electron chi connectivity index (χ1n) is 7.14. The van der Waals surface area contributed by atoms with Crippen molar-refractivity contribution >= 4 is 39.6 Å². The van der Waals surface area contributed by atoms with E-state index < -0.39 is 17.7 Å². The second-order valence-electron chi connectivity index (χ2n) is 5.02. The van der Waals surface area contributed by atoms with Crippen molar-refractivity contribution in [1.29, 1.82) is 0 Å². The molecule has 3 N–H and O–H groups in total. The van der Waals surface area contributed by atoms with E-state index in [1.807, 2.05) is 6.07 Å². The number of hydrogen-bond donors (Lipinski definition) is 3. The van der Waals surface area contributed by atoms with Crippen LogP contribution in [0.5, 0.6) is 5.75 Å². The lowest BCUT2D eigenvalue weighted by molar-refractivity contribution is -0.131. The molecular weight excluding hydrogens is 374 g/mol. The van der Waals surface area contributed by atoms with Gasteiger partial charge in [0.2, 0.25) is 5.91 Å². The Labute approximate surface area is 147 Å². The number of halogens is 1. The van der Waals surface area contributed by atoms with Gasteiger partial charge in [-0.15, -0.1) is 0 Å². The van der Waals surface area contributed by atoms with Crippen LogP contribution in [0.4, 0.5) is 5.69 Å². The van der Waals surface area contributed by atoms with E-state index in [1.165, 1.54) is 25.3 Å². The van der Waals surface area contributed by atoms with Crippen LogP contribution < -0.4 is 10.7 Å². The first kappa shape index (κ1) is 17.7. The first-order chi connectivity index (χ1) is 11.5. The third kappa shape index (κ3) is 4.92. The van der Waals surface area contributed by atoms with Crippen LogP contribution in [0.2, 0.25) is 0 Å². The molecule has 0 aliphatic rings. The summed E-state index contributed by atoms with van der Waals surface area (Å²) in [7, 11) is 0. The molecule has 0 aliphatic carbocycles. The van der Waals surface area contributed by atoms with Gasteiger partial charge in [0.05, 0.1) is 11.9 Å². The van der Waals surface area contributed by atoms with Gasteiger partial charge in [-0.05, 0) is 64.8 Å². The Kier molecular flexibility index (Phi) is 6.08. The highest BCUT2D eigenvalue weighted by atomic mass is 79.9. The third-order valence-corrected chi connectivity index (χ3v) is 3.89. The van der Waals surface area contributed by atoms with Crippen LogP contribution in [0.25, 0.3) is 0 Å². The van der Waals surface area contributed by atoms with Crippen LogP contribution in [0.3, 0.4) is 0 Å². The number of hydrazone groups is 1. The molecule has 0 radical (unpaired) electrons. The predicted octanol–water partition coefficient (Wildman–Crippen LogP) is 2.88. The highest BCUT2D eigenvalue weighted by Gasteiger charge is 2.21. The van der Waals surface area contributed by atoms with Gasteiger partial charge in [0.1, 0.15) is 11.7 Å². The number of phenols is 1. The van der Waals surface area contributed by atoms with Crippen molar-refractivity contribution in [2.45, 2.75) is 6.92 Å². The summed E-state index contributed by atoms with van der Waals surface area (Å²) < 4.78 is 0.733. The highest BCUT2D eigenvalue weighted by Crippen LogP contribution is 2.21. The Balaban J connectivity index is 1.90. The third-order valence-electron chi connectivity index (χ3n) is 3.20. The Bertz CT molecular complexity index is 760. The molecule has 0 saturated carbocycles. The molecule has 1 unspecified atom stereocenters. The number of amides is 2. The molecule has 1 atom stereocenters. The van der Waals surface area contributed by atoms with Crippen molar-refractivity contribution in [2.24, 2.45) is 11.0 Å². The molecule has 0 aliphatic heterocycles. The SMILES string of the molecule is CC(C(=O)NN=Cc1ccc(O)cc1)C(=O)Nc1ccccc1Br. The van der Waals surface area contributed by atoms with Gasteiger partial charge in [0.15, 0.2) is 0 Å². The van der Waals surface area contributed by atoms with Crippen LogP contribution in [-0.2, 0) is 9.59 Å². The summed E-state index contributed by atoms with van der Waals surface area (Å²) in [5, 5.41) is 15.7. The van der Waals surface area contributed by atoms with Crippen LogP contribution in [0.15, 0.2) is 58.1 Å². The summed E-state index contributed by atoms with van der Waals surface area (Å²) in [6.45, 7) is 1.50. The second-order valence-corrected chi connectivity index (χ2v) is 5.87. The van der Waals surface area contributed by atoms with E-state index in [-0.39, 0.29) is 5.75 Å². The molecule has 0 heterocycles. The molecule has 6 nitrogen and oxygen atoms in total. The number of benzene rings is 2. The van der Waals surface area contributed by atoms with Gasteiger partial charge in [-0.25, -0.2) is 5.43 Å². The van der Waals surface area contributed by atoms with Gasteiger partial charge >= 0.3 is 0 Å². The largest absolute Gasteiger partial charge is 0.508 e. The number of carbonyl (C=O) groups is 2. The van der Waals surface area contributed by atoms with Gasteiger partial charge in [0.25, 0.3) is 5.91 Å². The molecule has 0 saturated heterocycles. The number of anilines is 1. The highest BCUT2D eigenvalue weighted by molar-refractivity contribution is 9.10. The standard InChI is InChI=1S/C17H16BrN3O3/c1-11(16(23)20-15-5-3-2-4-14(15)18)17(24)21-19-10-12-6-8-13(22)9-7-12/h2-11,22H,1H3,(H,20,23)(H,21,24). The summed E-state index contributed by atoms with van der Waals surface area (Å²) in [6, 6.07) is 13.5. The molecule has 7 heteroatoms. The lowest BCUT2D eigenvalue weighted by atomic mass is 10.1. The van der Waals surface area contributed by atoms with Crippen LogP contribution >= 0.6 is 15.9 Å². The van der Waals surface area contributed by atoms with Crippen molar-refractivity contribution in [3.05, 3.63) is 58.6 Å². The first-order valence-corrected chi connectivity index (χ1v) is 7.94. The number of rotatable bonds is 5. The van der Waals surface area contributed by atoms with Crippen molar-refractivity contribution < 1.29 is 14.7 Å². The van der Waals surface area contributed by atoms with E-state index in [9.17, 15) is 14.7 Å². The fraction of sp³-hybridized carbons (Fsp3) is 0.118. The van der Waals surface area contributed by atoms with E-state index in [1.54, 1.807) is 30.3 Å². The predicted molar refractivity (Wildman–Crippen MR) is 95.8 cm³/mol. The fourth-order valence-electron chi connectivity index (χ4n) is 1.75. The number of aromatic hydroxyl groups is 1. The second kappa shape index (κ2) is 8.26. The van der Waals surface area contributed by atoms with Crippen LogP contribution in [0, 0.1) is 5.92 Å². The summed E-state index contributed by atoms with van der Waals surface area (Å²) in [5.74, 6) is -1.71. The summed E-state index contributed by atoms with van der Waals surface area (Å²) >= 11 is 3.33. The lowest BCUT2D eigenvalue weighted by Crippen LogP contribution is -2.34. The van der Waals surface area contributed by atoms with Crippen LogP contribution in [0.1, 0.15) is 12.5 Å². The maximum absolute atomic E-state index is 12.1. The Morgan fingerprint density at radius 3 is 2.46 bits per heavy atom. The molecule has 2 amide bonds. The van der Waals surface area contributed by atoms with Crippen molar-refractivity contribution in [3.63, 3.8) is 0 Å². The molecule has 2 rings (SSSR count). The van der Waals surface area contributed by atoms with Crippen LogP contribution in [-0.4, -0.2) is 23.1 Å². The van der Waals surface area contributed by atoms with E-state index in [0.29, 0.717) is 11.3 Å². The number of para-hydroxylation sites is 1. The van der Waals surface area contributed by atoms with E-state index in [4.69, 9.17) is 0 Å². The Morgan fingerprint density at radius 1 is 1.12 bits per heavy atom. The number of phenolic OH excluding ortho intramolecular Hbond substituents is 1. The Morgan fingerprint density at radius 2 is 1.79 bits per heavy atom. The van der Waals surface area contributed by atoms with E-state index in [2.05, 4.69) is 31.8 Å². The van der Waals surface area contributed by atoms with Gasteiger partial charge in [-0.3, -0.25) is 9.59 Å². The maximum atomic E-state index is 12.1. The average Bonchev–Trinajstić information content (AvgIpc) is 2.58. The van der Waals surface area contributed by atoms with Gasteiger partial charge in [-0.2, -0.15) is 5.10 Å². The zero-order valence-corrected chi connectivity index (χ0v) is 14.4. The molecule has 2 aromatic rings. The summed E-state index contributed by atoms with van der Waals surface area (Å²) in [5.41, 5.74) is 3.62. The molecule has 24 heavy (non-hydrogen) atoms. The number of nitrogens with zero attached hydrogens (tertiary/aromatic N) is 1. The minimum atomic E-state index is -0.908.